The van der Waals surface area contributed by atoms with Crippen molar-refractivity contribution in [1.29, 1.82) is 0 Å². The summed E-state index contributed by atoms with van der Waals surface area (Å²) >= 11 is 0. The Morgan fingerprint density at radius 1 is 0.543 bits per heavy atom. The van der Waals surface area contributed by atoms with Crippen LogP contribution in [0.5, 0.6) is 0 Å². The molecule has 9 rings (SSSR count). The van der Waals surface area contributed by atoms with Crippen molar-refractivity contribution in [2.24, 2.45) is 0 Å². The predicted molar refractivity (Wildman–Crippen MR) is 188 cm³/mol. The van der Waals surface area contributed by atoms with Crippen LogP contribution in [0, 0.1) is 0 Å². The van der Waals surface area contributed by atoms with Gasteiger partial charge in [-0.3, -0.25) is 4.57 Å². The number of aromatic nitrogens is 4. The Labute approximate surface area is 267 Å². The number of fused-ring (bicyclic) bond motifs is 6. The van der Waals surface area contributed by atoms with Crippen LogP contribution in [0.1, 0.15) is 25.0 Å². The first-order chi connectivity index (χ1) is 22.6. The van der Waals surface area contributed by atoms with Crippen molar-refractivity contribution in [3.63, 3.8) is 0 Å². The maximum Gasteiger partial charge on any atom is 0.160 e. The van der Waals surface area contributed by atoms with Crippen LogP contribution in [0.15, 0.2) is 146 Å². The Kier molecular flexibility index (Phi) is 5.81. The van der Waals surface area contributed by atoms with Crippen LogP contribution in [-0.4, -0.2) is 19.5 Å². The third-order valence-electron chi connectivity index (χ3n) is 9.39. The zero-order valence-corrected chi connectivity index (χ0v) is 25.6. The highest BCUT2D eigenvalue weighted by molar-refractivity contribution is 6.01. The summed E-state index contributed by atoms with van der Waals surface area (Å²) in [6.07, 6.45) is 0. The van der Waals surface area contributed by atoms with Gasteiger partial charge in [0.2, 0.25) is 0 Å². The topological polar surface area (TPSA) is 43.6 Å². The van der Waals surface area contributed by atoms with Gasteiger partial charge in [-0.25, -0.2) is 15.0 Å². The zero-order chi connectivity index (χ0) is 30.8. The van der Waals surface area contributed by atoms with Gasteiger partial charge in [-0.05, 0) is 58.7 Å². The van der Waals surface area contributed by atoms with Crippen molar-refractivity contribution >= 4 is 21.9 Å². The van der Waals surface area contributed by atoms with Crippen LogP contribution in [0.3, 0.4) is 0 Å². The molecule has 0 spiro atoms. The summed E-state index contributed by atoms with van der Waals surface area (Å²) in [5.74, 6) is 1.59. The fourth-order valence-corrected chi connectivity index (χ4v) is 7.25. The first-order valence-corrected chi connectivity index (χ1v) is 15.7. The monoisotopic (exact) mass is 590 g/mol. The van der Waals surface area contributed by atoms with Gasteiger partial charge >= 0.3 is 0 Å². The number of hydrogen-bond donors (Lipinski definition) is 0. The maximum atomic E-state index is 5.40. The van der Waals surface area contributed by atoms with Crippen LogP contribution in [-0.2, 0) is 5.41 Å². The number of para-hydroxylation sites is 3. The number of imidazole rings is 1. The third-order valence-corrected chi connectivity index (χ3v) is 9.39. The molecule has 1 aliphatic rings. The fraction of sp³-hybridized carbons (Fsp3) is 0.0714. The molecule has 4 nitrogen and oxygen atoms in total. The first-order valence-electron chi connectivity index (χ1n) is 15.7. The second-order valence-corrected chi connectivity index (χ2v) is 12.5. The van der Waals surface area contributed by atoms with Gasteiger partial charge in [-0.1, -0.05) is 123 Å². The molecular weight excluding hydrogens is 560 g/mol. The molecule has 46 heavy (non-hydrogen) atoms. The molecule has 0 atom stereocenters. The van der Waals surface area contributed by atoms with Crippen LogP contribution in [0.2, 0.25) is 0 Å². The van der Waals surface area contributed by atoms with Crippen molar-refractivity contribution in [3.05, 3.63) is 157 Å². The van der Waals surface area contributed by atoms with E-state index in [9.17, 15) is 0 Å². The lowest BCUT2D eigenvalue weighted by Crippen LogP contribution is -2.16. The SMILES string of the molecule is CC1(C)c2ccccc2-c2ccc3c(-c4ccccc4)nc(-c4cccc(-c5nc6ccccc6n5-c5ccccc5)c4)nc3c21. The second kappa shape index (κ2) is 10.1. The Morgan fingerprint density at radius 3 is 2.09 bits per heavy atom. The van der Waals surface area contributed by atoms with E-state index in [1.54, 1.807) is 0 Å². The number of rotatable bonds is 4. The van der Waals surface area contributed by atoms with E-state index < -0.39 is 0 Å². The van der Waals surface area contributed by atoms with Gasteiger partial charge in [-0.15, -0.1) is 0 Å². The third kappa shape index (κ3) is 3.97. The molecule has 8 aromatic rings. The molecule has 4 heteroatoms. The molecule has 0 bridgehead atoms. The summed E-state index contributed by atoms with van der Waals surface area (Å²) in [7, 11) is 0. The van der Waals surface area contributed by atoms with E-state index in [0.29, 0.717) is 5.82 Å². The largest absolute Gasteiger partial charge is 0.292 e. The molecule has 2 heterocycles. The summed E-state index contributed by atoms with van der Waals surface area (Å²) in [5.41, 5.74) is 13.0. The fourth-order valence-electron chi connectivity index (χ4n) is 7.25. The molecule has 2 aromatic heterocycles. The van der Waals surface area contributed by atoms with E-state index in [-0.39, 0.29) is 5.41 Å². The standard InChI is InChI=1S/C42H30N4/c1-42(2)34-21-10-9-20-31(34)32-24-25-33-38(27-14-5-3-6-15-27)44-40(45-39(33)37(32)42)28-16-13-17-29(26-28)41-43-35-22-11-12-23-36(35)46(41)30-18-7-4-8-19-30/h3-26H,1-2H3. The van der Waals surface area contributed by atoms with E-state index >= 15 is 0 Å². The average molecular weight is 591 g/mol. The first kappa shape index (κ1) is 26.5. The van der Waals surface area contributed by atoms with E-state index in [1.165, 1.54) is 22.3 Å². The minimum Gasteiger partial charge on any atom is -0.292 e. The summed E-state index contributed by atoms with van der Waals surface area (Å²) in [6, 6.07) is 50.9. The van der Waals surface area contributed by atoms with Crippen molar-refractivity contribution < 1.29 is 0 Å². The van der Waals surface area contributed by atoms with Crippen molar-refractivity contribution in [3.8, 4) is 50.8 Å². The smallest absolute Gasteiger partial charge is 0.160 e. The molecule has 0 aliphatic heterocycles. The minimum atomic E-state index is -0.201. The maximum absolute atomic E-state index is 5.40. The van der Waals surface area contributed by atoms with E-state index in [2.05, 4.69) is 146 Å². The highest BCUT2D eigenvalue weighted by Crippen LogP contribution is 2.51. The van der Waals surface area contributed by atoms with Crippen LogP contribution in [0.25, 0.3) is 72.8 Å². The molecule has 0 saturated heterocycles. The van der Waals surface area contributed by atoms with Gasteiger partial charge in [0.05, 0.1) is 22.2 Å². The lowest BCUT2D eigenvalue weighted by Gasteiger charge is -2.23. The normalized spacial score (nSPS) is 13.2. The molecule has 218 valence electrons. The van der Waals surface area contributed by atoms with Crippen molar-refractivity contribution in [1.82, 2.24) is 19.5 Å². The lowest BCUT2D eigenvalue weighted by molar-refractivity contribution is 0.664. The molecule has 0 unspecified atom stereocenters. The second-order valence-electron chi connectivity index (χ2n) is 12.5. The number of hydrogen-bond acceptors (Lipinski definition) is 3. The van der Waals surface area contributed by atoms with Gasteiger partial charge in [0.1, 0.15) is 5.82 Å². The minimum absolute atomic E-state index is 0.201. The quantitative estimate of drug-likeness (QED) is 0.205. The van der Waals surface area contributed by atoms with E-state index in [4.69, 9.17) is 15.0 Å². The van der Waals surface area contributed by atoms with E-state index in [0.717, 1.165) is 55.8 Å². The Bertz CT molecular complexity index is 2440. The molecule has 0 radical (unpaired) electrons. The average Bonchev–Trinajstić information content (AvgIpc) is 3.62. The predicted octanol–water partition coefficient (Wildman–Crippen LogP) is 10.3. The Balaban J connectivity index is 1.29. The highest BCUT2D eigenvalue weighted by atomic mass is 15.1. The number of nitrogens with zero attached hydrogens (tertiary/aromatic N) is 4. The zero-order valence-electron chi connectivity index (χ0n) is 25.6. The van der Waals surface area contributed by atoms with Gasteiger partial charge in [0.15, 0.2) is 5.82 Å². The Morgan fingerprint density at radius 2 is 1.24 bits per heavy atom. The van der Waals surface area contributed by atoms with Gasteiger partial charge < -0.3 is 0 Å². The number of benzene rings is 6. The van der Waals surface area contributed by atoms with Crippen LogP contribution in [0.4, 0.5) is 0 Å². The molecule has 0 fully saturated rings. The summed E-state index contributed by atoms with van der Waals surface area (Å²) in [4.78, 5) is 15.8. The van der Waals surface area contributed by atoms with Crippen LogP contribution < -0.4 is 0 Å². The van der Waals surface area contributed by atoms with Crippen molar-refractivity contribution in [2.75, 3.05) is 0 Å². The molecular formula is C42H30N4. The summed E-state index contributed by atoms with van der Waals surface area (Å²) in [6.45, 7) is 4.63. The molecule has 0 N–H and O–H groups in total. The molecule has 1 aliphatic carbocycles. The Hall–Kier alpha value is -5.87. The lowest BCUT2D eigenvalue weighted by atomic mass is 9.81. The molecule has 0 amide bonds. The van der Waals surface area contributed by atoms with Crippen molar-refractivity contribution in [2.45, 2.75) is 19.3 Å². The highest BCUT2D eigenvalue weighted by Gasteiger charge is 2.37. The van der Waals surface area contributed by atoms with E-state index in [1.807, 2.05) is 18.2 Å². The van der Waals surface area contributed by atoms with Gasteiger partial charge in [0.25, 0.3) is 0 Å². The van der Waals surface area contributed by atoms with Crippen LogP contribution >= 0.6 is 0 Å². The van der Waals surface area contributed by atoms with Gasteiger partial charge in [-0.2, -0.15) is 0 Å². The summed E-state index contributed by atoms with van der Waals surface area (Å²) in [5, 5.41) is 1.07. The molecule has 6 aromatic carbocycles. The molecule has 0 saturated carbocycles. The summed E-state index contributed by atoms with van der Waals surface area (Å²) < 4.78 is 2.23. The van der Waals surface area contributed by atoms with Gasteiger partial charge in [0, 0.05) is 33.2 Å².